The summed E-state index contributed by atoms with van der Waals surface area (Å²) >= 11 is 2.77. The van der Waals surface area contributed by atoms with Gasteiger partial charge in [-0.3, -0.25) is 19.8 Å². The standard InChI is InChI=1S/C22H21N5O3S2/c1-14-8-10-15(11-9-14)13-31-21-26-25-19(32-21)23-17(28)12-27-18(29)22(2,24-20(27)30)16-6-4-3-5-7-16/h3-11H,12-13H2,1-2H3,(H,24,30)(H,23,25,28)/t22-/m1/s1. The average Bonchev–Trinajstić information content (AvgIpc) is 3.32. The van der Waals surface area contributed by atoms with Crippen molar-refractivity contribution in [3.63, 3.8) is 0 Å². The highest BCUT2D eigenvalue weighted by Crippen LogP contribution is 2.30. The van der Waals surface area contributed by atoms with Crippen molar-refractivity contribution in [3.05, 3.63) is 71.3 Å². The van der Waals surface area contributed by atoms with Crippen molar-refractivity contribution >= 4 is 46.1 Å². The second-order valence-electron chi connectivity index (χ2n) is 7.51. The zero-order valence-electron chi connectivity index (χ0n) is 17.5. The van der Waals surface area contributed by atoms with E-state index < -0.39 is 29.9 Å². The number of hydrogen-bond acceptors (Lipinski definition) is 7. The number of anilines is 1. The van der Waals surface area contributed by atoms with E-state index in [-0.39, 0.29) is 0 Å². The molecule has 8 nitrogen and oxygen atoms in total. The molecule has 4 rings (SSSR count). The molecule has 2 N–H and O–H groups in total. The highest BCUT2D eigenvalue weighted by Gasteiger charge is 2.49. The van der Waals surface area contributed by atoms with Crippen LogP contribution in [0.3, 0.4) is 0 Å². The lowest BCUT2D eigenvalue weighted by molar-refractivity contribution is -0.133. The lowest BCUT2D eigenvalue weighted by atomic mass is 9.92. The van der Waals surface area contributed by atoms with Gasteiger partial charge in [-0.05, 0) is 25.0 Å². The van der Waals surface area contributed by atoms with Crippen LogP contribution in [0.1, 0.15) is 23.6 Å². The first-order chi connectivity index (χ1) is 15.3. The fraction of sp³-hybridized carbons (Fsp3) is 0.227. The monoisotopic (exact) mass is 467 g/mol. The molecule has 10 heteroatoms. The van der Waals surface area contributed by atoms with Gasteiger partial charge in [0.05, 0.1) is 0 Å². The Kier molecular flexibility index (Phi) is 6.24. The minimum absolute atomic E-state index is 0.319. The topological polar surface area (TPSA) is 104 Å². The van der Waals surface area contributed by atoms with Gasteiger partial charge < -0.3 is 5.32 Å². The predicted molar refractivity (Wildman–Crippen MR) is 123 cm³/mol. The summed E-state index contributed by atoms with van der Waals surface area (Å²) in [6.07, 6.45) is 0. The number of nitrogens with one attached hydrogen (secondary N) is 2. The molecule has 0 aliphatic carbocycles. The fourth-order valence-corrected chi connectivity index (χ4v) is 4.98. The number of urea groups is 1. The first-order valence-corrected chi connectivity index (χ1v) is 11.7. The SMILES string of the molecule is Cc1ccc(CSc2nnc(NC(=O)CN3C(=O)N[C@](C)(c4ccccc4)C3=O)s2)cc1. The minimum Gasteiger partial charge on any atom is -0.319 e. The Balaban J connectivity index is 1.34. The molecule has 0 saturated carbocycles. The molecule has 1 aromatic heterocycles. The smallest absolute Gasteiger partial charge is 0.319 e. The molecule has 1 saturated heterocycles. The van der Waals surface area contributed by atoms with Crippen LogP contribution < -0.4 is 10.6 Å². The van der Waals surface area contributed by atoms with Gasteiger partial charge >= 0.3 is 6.03 Å². The Labute approximate surface area is 193 Å². The molecule has 0 radical (unpaired) electrons. The minimum atomic E-state index is -1.21. The third kappa shape index (κ3) is 4.66. The zero-order chi connectivity index (χ0) is 22.7. The number of thioether (sulfide) groups is 1. The lowest BCUT2D eigenvalue weighted by Gasteiger charge is -2.21. The van der Waals surface area contributed by atoms with Crippen molar-refractivity contribution in [2.45, 2.75) is 29.5 Å². The quantitative estimate of drug-likeness (QED) is 0.313. The first kappa shape index (κ1) is 22.0. The molecular weight excluding hydrogens is 446 g/mol. The Morgan fingerprint density at radius 3 is 2.56 bits per heavy atom. The summed E-state index contributed by atoms with van der Waals surface area (Å²) in [6.45, 7) is 3.26. The molecule has 164 valence electrons. The summed E-state index contributed by atoms with van der Waals surface area (Å²) in [6, 6.07) is 16.6. The van der Waals surface area contributed by atoms with Crippen LogP contribution in [0.4, 0.5) is 9.93 Å². The summed E-state index contributed by atoms with van der Waals surface area (Å²) in [5, 5.41) is 13.7. The lowest BCUT2D eigenvalue weighted by Crippen LogP contribution is -2.42. The highest BCUT2D eigenvalue weighted by molar-refractivity contribution is 8.00. The van der Waals surface area contributed by atoms with E-state index in [1.165, 1.54) is 34.2 Å². The molecule has 2 heterocycles. The summed E-state index contributed by atoms with van der Waals surface area (Å²) in [7, 11) is 0. The van der Waals surface area contributed by atoms with Gasteiger partial charge in [-0.2, -0.15) is 0 Å². The van der Waals surface area contributed by atoms with Crippen LogP contribution in [0.2, 0.25) is 0 Å². The molecule has 0 bridgehead atoms. The van der Waals surface area contributed by atoms with Crippen LogP contribution in [0.15, 0.2) is 58.9 Å². The summed E-state index contributed by atoms with van der Waals surface area (Å²) in [5.41, 5.74) is 1.82. The molecule has 1 atom stereocenters. The molecule has 3 aromatic rings. The van der Waals surface area contributed by atoms with Crippen LogP contribution in [0, 0.1) is 6.92 Å². The molecule has 4 amide bonds. The van der Waals surface area contributed by atoms with Crippen molar-refractivity contribution in [1.29, 1.82) is 0 Å². The zero-order valence-corrected chi connectivity index (χ0v) is 19.1. The number of rotatable bonds is 7. The van der Waals surface area contributed by atoms with Crippen LogP contribution in [0.5, 0.6) is 0 Å². The van der Waals surface area contributed by atoms with Crippen molar-refractivity contribution < 1.29 is 14.4 Å². The number of carbonyl (C=O) groups is 3. The first-order valence-electron chi connectivity index (χ1n) is 9.86. The normalized spacial score (nSPS) is 18.0. The summed E-state index contributed by atoms with van der Waals surface area (Å²) in [5.74, 6) is -0.254. The molecule has 1 aliphatic rings. The van der Waals surface area contributed by atoms with Gasteiger partial charge in [-0.1, -0.05) is 83.3 Å². The molecular formula is C22H21N5O3S2. The summed E-state index contributed by atoms with van der Waals surface area (Å²) < 4.78 is 0.715. The average molecular weight is 468 g/mol. The Hall–Kier alpha value is -3.24. The molecule has 32 heavy (non-hydrogen) atoms. The summed E-state index contributed by atoms with van der Waals surface area (Å²) in [4.78, 5) is 38.7. The van der Waals surface area contributed by atoms with Gasteiger partial charge in [-0.25, -0.2) is 4.79 Å². The van der Waals surface area contributed by atoms with Crippen LogP contribution in [-0.2, 0) is 20.9 Å². The second-order valence-corrected chi connectivity index (χ2v) is 9.71. The molecule has 0 spiro atoms. The molecule has 1 fully saturated rings. The Morgan fingerprint density at radius 1 is 1.12 bits per heavy atom. The number of nitrogens with zero attached hydrogens (tertiary/aromatic N) is 3. The van der Waals surface area contributed by atoms with Gasteiger partial charge in [-0.15, -0.1) is 10.2 Å². The third-order valence-electron chi connectivity index (χ3n) is 5.06. The predicted octanol–water partition coefficient (Wildman–Crippen LogP) is 3.54. The van der Waals surface area contributed by atoms with E-state index in [1.54, 1.807) is 31.2 Å². The number of aryl methyl sites for hydroxylation is 1. The van der Waals surface area contributed by atoms with Gasteiger partial charge in [0.1, 0.15) is 12.1 Å². The van der Waals surface area contributed by atoms with Gasteiger partial charge in [0, 0.05) is 5.75 Å². The van der Waals surface area contributed by atoms with Crippen LogP contribution in [-0.4, -0.2) is 39.5 Å². The number of imide groups is 1. The number of aromatic nitrogens is 2. The third-order valence-corrected chi connectivity index (χ3v) is 7.11. The number of hydrogen-bond donors (Lipinski definition) is 2. The van der Waals surface area contributed by atoms with E-state index in [2.05, 4.69) is 45.1 Å². The van der Waals surface area contributed by atoms with Crippen molar-refractivity contribution in [2.75, 3.05) is 11.9 Å². The van der Waals surface area contributed by atoms with E-state index in [1.807, 2.05) is 13.0 Å². The Bertz CT molecular complexity index is 1150. The van der Waals surface area contributed by atoms with Crippen molar-refractivity contribution in [3.8, 4) is 0 Å². The maximum Gasteiger partial charge on any atom is 0.325 e. The van der Waals surface area contributed by atoms with Crippen LogP contribution in [0.25, 0.3) is 0 Å². The maximum absolute atomic E-state index is 12.9. The van der Waals surface area contributed by atoms with Crippen molar-refractivity contribution in [1.82, 2.24) is 20.4 Å². The van der Waals surface area contributed by atoms with E-state index in [9.17, 15) is 14.4 Å². The highest BCUT2D eigenvalue weighted by atomic mass is 32.2. The van der Waals surface area contributed by atoms with E-state index in [4.69, 9.17) is 0 Å². The van der Waals surface area contributed by atoms with Gasteiger partial charge in [0.15, 0.2) is 4.34 Å². The number of benzene rings is 2. The van der Waals surface area contributed by atoms with E-state index >= 15 is 0 Å². The van der Waals surface area contributed by atoms with Crippen LogP contribution >= 0.6 is 23.1 Å². The van der Waals surface area contributed by atoms with E-state index in [0.717, 1.165) is 10.7 Å². The second kappa shape index (κ2) is 9.09. The van der Waals surface area contributed by atoms with Crippen molar-refractivity contribution in [2.24, 2.45) is 0 Å². The number of amides is 4. The molecule has 2 aromatic carbocycles. The Morgan fingerprint density at radius 2 is 1.84 bits per heavy atom. The largest absolute Gasteiger partial charge is 0.325 e. The van der Waals surface area contributed by atoms with E-state index in [0.29, 0.717) is 15.0 Å². The fourth-order valence-electron chi connectivity index (χ4n) is 3.26. The molecule has 0 unspecified atom stereocenters. The number of carbonyl (C=O) groups excluding carboxylic acids is 3. The van der Waals surface area contributed by atoms with Gasteiger partial charge in [0.2, 0.25) is 11.0 Å². The maximum atomic E-state index is 12.9. The molecule has 1 aliphatic heterocycles. The van der Waals surface area contributed by atoms with Gasteiger partial charge in [0.25, 0.3) is 5.91 Å².